The summed E-state index contributed by atoms with van der Waals surface area (Å²) in [6, 6.07) is 16.5. The summed E-state index contributed by atoms with van der Waals surface area (Å²) in [6.45, 7) is 5.53. The Morgan fingerprint density at radius 3 is 2.62 bits per heavy atom. The van der Waals surface area contributed by atoms with Gasteiger partial charge in [0.15, 0.2) is 5.69 Å². The Morgan fingerprint density at radius 1 is 1.09 bits per heavy atom. The highest BCUT2D eigenvalue weighted by atomic mass is 16.5. The van der Waals surface area contributed by atoms with Gasteiger partial charge in [-0.15, -0.1) is 0 Å². The highest BCUT2D eigenvalue weighted by Gasteiger charge is 2.19. The maximum Gasteiger partial charge on any atom is 0.341 e. The van der Waals surface area contributed by atoms with Crippen LogP contribution in [0.15, 0.2) is 65.2 Å². The minimum atomic E-state index is -0.420. The van der Waals surface area contributed by atoms with Crippen molar-refractivity contribution in [2.45, 2.75) is 20.8 Å². The third-order valence-corrected chi connectivity index (χ3v) is 4.89. The van der Waals surface area contributed by atoms with Crippen LogP contribution in [0.5, 0.6) is 0 Å². The molecule has 2 aromatic heterocycles. The Bertz CT molecular complexity index is 1270. The van der Waals surface area contributed by atoms with Crippen LogP contribution in [0.25, 0.3) is 17.1 Å². The van der Waals surface area contributed by atoms with Gasteiger partial charge in [-0.05, 0) is 51.1 Å². The first-order valence-corrected chi connectivity index (χ1v) is 10.1. The van der Waals surface area contributed by atoms with E-state index < -0.39 is 5.97 Å². The average Bonchev–Trinajstić information content (AvgIpc) is 3.37. The van der Waals surface area contributed by atoms with Gasteiger partial charge in [0, 0.05) is 11.3 Å². The number of hydrogen-bond donors (Lipinski definition) is 1. The largest absolute Gasteiger partial charge is 0.462 e. The van der Waals surface area contributed by atoms with Crippen molar-refractivity contribution in [3.63, 3.8) is 0 Å². The molecule has 4 aromatic rings. The van der Waals surface area contributed by atoms with Crippen molar-refractivity contribution in [3.8, 4) is 17.1 Å². The molecule has 0 aliphatic rings. The number of nitrogens with zero attached hydrogens (tertiary/aromatic N) is 3. The normalized spacial score (nSPS) is 10.7. The summed E-state index contributed by atoms with van der Waals surface area (Å²) in [6.07, 6.45) is 1.47. The lowest BCUT2D eigenvalue weighted by Crippen LogP contribution is -2.14. The SMILES string of the molecule is CCOC(=O)c1cnn(-c2cccc(NC(=O)c3nc(-c4ccccc4)oc3C)c2)c1C. The Balaban J connectivity index is 1.56. The predicted octanol–water partition coefficient (Wildman–Crippen LogP) is 4.57. The molecule has 0 spiro atoms. The van der Waals surface area contributed by atoms with Crippen molar-refractivity contribution in [2.24, 2.45) is 0 Å². The summed E-state index contributed by atoms with van der Waals surface area (Å²) in [7, 11) is 0. The first kappa shape index (κ1) is 21.0. The molecule has 8 nitrogen and oxygen atoms in total. The smallest absolute Gasteiger partial charge is 0.341 e. The van der Waals surface area contributed by atoms with Gasteiger partial charge in [0.2, 0.25) is 5.89 Å². The summed E-state index contributed by atoms with van der Waals surface area (Å²) in [5, 5.41) is 7.14. The van der Waals surface area contributed by atoms with Crippen LogP contribution in [0.4, 0.5) is 5.69 Å². The molecule has 32 heavy (non-hydrogen) atoms. The molecule has 0 aliphatic heterocycles. The number of nitrogens with one attached hydrogen (secondary N) is 1. The fraction of sp³-hybridized carbons (Fsp3) is 0.167. The quantitative estimate of drug-likeness (QED) is 0.450. The van der Waals surface area contributed by atoms with E-state index in [1.807, 2.05) is 36.4 Å². The second-order valence-corrected chi connectivity index (χ2v) is 7.07. The third-order valence-electron chi connectivity index (χ3n) is 4.89. The number of oxazole rings is 1. The van der Waals surface area contributed by atoms with Crippen LogP contribution in [0, 0.1) is 13.8 Å². The van der Waals surface area contributed by atoms with Gasteiger partial charge in [0.25, 0.3) is 5.91 Å². The van der Waals surface area contributed by atoms with E-state index in [-0.39, 0.29) is 11.6 Å². The highest BCUT2D eigenvalue weighted by molar-refractivity contribution is 6.04. The van der Waals surface area contributed by atoms with Gasteiger partial charge in [-0.2, -0.15) is 5.10 Å². The van der Waals surface area contributed by atoms with Crippen molar-refractivity contribution in [1.82, 2.24) is 14.8 Å². The molecule has 0 saturated carbocycles. The predicted molar refractivity (Wildman–Crippen MR) is 119 cm³/mol. The standard InChI is InChI=1S/C24H22N4O4/c1-4-31-24(30)20-14-25-28(15(20)2)19-12-8-11-18(13-19)26-22(29)21-16(3)32-23(27-21)17-9-6-5-7-10-17/h5-14H,4H2,1-3H3,(H,26,29). The molecule has 0 atom stereocenters. The monoisotopic (exact) mass is 430 g/mol. The van der Waals surface area contributed by atoms with Crippen molar-refractivity contribution >= 4 is 17.6 Å². The molecule has 162 valence electrons. The van der Waals surface area contributed by atoms with E-state index in [2.05, 4.69) is 15.4 Å². The summed E-state index contributed by atoms with van der Waals surface area (Å²) >= 11 is 0. The first-order chi connectivity index (χ1) is 15.5. The lowest BCUT2D eigenvalue weighted by molar-refractivity contribution is 0.0525. The first-order valence-electron chi connectivity index (χ1n) is 10.1. The maximum atomic E-state index is 12.8. The third kappa shape index (κ3) is 4.15. The molecule has 0 fully saturated rings. The van der Waals surface area contributed by atoms with Gasteiger partial charge >= 0.3 is 5.97 Å². The average molecular weight is 430 g/mol. The molecular formula is C24H22N4O4. The van der Waals surface area contributed by atoms with Crippen molar-refractivity contribution in [1.29, 1.82) is 0 Å². The molecule has 0 unspecified atom stereocenters. The Labute approximate surface area is 184 Å². The Hall–Kier alpha value is -4.20. The number of benzene rings is 2. The number of anilines is 1. The minimum absolute atomic E-state index is 0.217. The van der Waals surface area contributed by atoms with Crippen LogP contribution in [0.2, 0.25) is 0 Å². The zero-order valence-corrected chi connectivity index (χ0v) is 18.0. The van der Waals surface area contributed by atoms with Gasteiger partial charge in [-0.3, -0.25) is 4.79 Å². The topological polar surface area (TPSA) is 99.2 Å². The molecule has 0 bridgehead atoms. The minimum Gasteiger partial charge on any atom is -0.462 e. The van der Waals surface area contributed by atoms with E-state index in [1.54, 1.807) is 43.7 Å². The second-order valence-electron chi connectivity index (χ2n) is 7.07. The number of rotatable bonds is 6. The molecule has 0 saturated heterocycles. The number of carbonyl (C=O) groups is 2. The van der Waals surface area contributed by atoms with Crippen LogP contribution in [0.3, 0.4) is 0 Å². The van der Waals surface area contributed by atoms with E-state index in [0.717, 1.165) is 5.56 Å². The second kappa shape index (κ2) is 8.89. The molecule has 2 heterocycles. The number of aryl methyl sites for hydroxylation is 1. The molecular weight excluding hydrogens is 408 g/mol. The van der Waals surface area contributed by atoms with Gasteiger partial charge in [0.1, 0.15) is 11.3 Å². The highest BCUT2D eigenvalue weighted by Crippen LogP contribution is 2.23. The van der Waals surface area contributed by atoms with Crippen LogP contribution < -0.4 is 5.32 Å². The number of hydrogen-bond acceptors (Lipinski definition) is 6. The van der Waals surface area contributed by atoms with Crippen LogP contribution in [-0.4, -0.2) is 33.2 Å². The molecule has 4 rings (SSSR count). The van der Waals surface area contributed by atoms with E-state index in [4.69, 9.17) is 9.15 Å². The van der Waals surface area contributed by atoms with Crippen LogP contribution >= 0.6 is 0 Å². The van der Waals surface area contributed by atoms with Crippen molar-refractivity contribution < 1.29 is 18.7 Å². The zero-order chi connectivity index (χ0) is 22.7. The molecule has 0 aliphatic carbocycles. The lowest BCUT2D eigenvalue weighted by Gasteiger charge is -2.09. The molecule has 2 aromatic carbocycles. The number of ether oxygens (including phenoxy) is 1. The summed E-state index contributed by atoms with van der Waals surface area (Å²) in [5.74, 6) is 0.0200. The summed E-state index contributed by atoms with van der Waals surface area (Å²) in [5.41, 5.74) is 3.30. The fourth-order valence-electron chi connectivity index (χ4n) is 3.30. The molecule has 1 amide bonds. The number of amides is 1. The summed E-state index contributed by atoms with van der Waals surface area (Å²) < 4.78 is 12.4. The lowest BCUT2D eigenvalue weighted by atomic mass is 10.2. The van der Waals surface area contributed by atoms with Gasteiger partial charge in [-0.25, -0.2) is 14.5 Å². The maximum absolute atomic E-state index is 12.8. The van der Waals surface area contributed by atoms with E-state index in [9.17, 15) is 9.59 Å². The number of esters is 1. The van der Waals surface area contributed by atoms with E-state index in [0.29, 0.717) is 40.9 Å². The van der Waals surface area contributed by atoms with Gasteiger partial charge < -0.3 is 14.5 Å². The van der Waals surface area contributed by atoms with Crippen molar-refractivity contribution in [2.75, 3.05) is 11.9 Å². The number of carbonyl (C=O) groups excluding carboxylic acids is 2. The van der Waals surface area contributed by atoms with Crippen LogP contribution in [-0.2, 0) is 4.74 Å². The Kier molecular flexibility index (Phi) is 5.85. The zero-order valence-electron chi connectivity index (χ0n) is 18.0. The van der Waals surface area contributed by atoms with E-state index >= 15 is 0 Å². The van der Waals surface area contributed by atoms with Crippen molar-refractivity contribution in [3.05, 3.63) is 83.5 Å². The van der Waals surface area contributed by atoms with Crippen LogP contribution in [0.1, 0.15) is 39.2 Å². The van der Waals surface area contributed by atoms with E-state index in [1.165, 1.54) is 6.20 Å². The molecule has 1 N–H and O–H groups in total. The molecule has 8 heteroatoms. The summed E-state index contributed by atoms with van der Waals surface area (Å²) in [4.78, 5) is 29.3. The fourth-order valence-corrected chi connectivity index (χ4v) is 3.30. The Morgan fingerprint density at radius 2 is 1.88 bits per heavy atom. The van der Waals surface area contributed by atoms with Gasteiger partial charge in [0.05, 0.1) is 24.2 Å². The van der Waals surface area contributed by atoms with Gasteiger partial charge in [-0.1, -0.05) is 24.3 Å². The number of aromatic nitrogens is 3. The molecule has 0 radical (unpaired) electrons.